The molecule has 23 heavy (non-hydrogen) atoms. The van der Waals surface area contributed by atoms with Crippen molar-refractivity contribution >= 4 is 16.0 Å². The van der Waals surface area contributed by atoms with Crippen LogP contribution in [0.15, 0.2) is 35.7 Å². The predicted molar refractivity (Wildman–Crippen MR) is 82.2 cm³/mol. The Morgan fingerprint density at radius 3 is 2.74 bits per heavy atom. The maximum absolute atomic E-state index is 12.3. The fourth-order valence-electron chi connectivity index (χ4n) is 2.13. The number of nitrogens with one attached hydrogen (secondary N) is 1. The molecule has 0 radical (unpaired) electrons. The largest absolute Gasteiger partial charge is 0.481 e. The van der Waals surface area contributed by atoms with E-state index in [1.165, 1.54) is 12.4 Å². The van der Waals surface area contributed by atoms with Crippen molar-refractivity contribution in [3.05, 3.63) is 42.0 Å². The van der Waals surface area contributed by atoms with Crippen LogP contribution in [0, 0.1) is 12.8 Å². The van der Waals surface area contributed by atoms with Crippen LogP contribution in [-0.4, -0.2) is 40.8 Å². The Hall–Kier alpha value is -2.26. The third-order valence-electron chi connectivity index (χ3n) is 3.39. The molecule has 8 nitrogen and oxygen atoms in total. The van der Waals surface area contributed by atoms with Crippen LogP contribution in [-0.2, 0) is 28.3 Å². The van der Waals surface area contributed by atoms with Crippen LogP contribution in [0.2, 0.25) is 0 Å². The summed E-state index contributed by atoms with van der Waals surface area (Å²) in [7, 11) is -2.07. The molecule has 0 saturated carbocycles. The van der Waals surface area contributed by atoms with Crippen molar-refractivity contribution in [2.75, 3.05) is 6.54 Å². The summed E-state index contributed by atoms with van der Waals surface area (Å²) < 4.78 is 28.5. The average molecular weight is 338 g/mol. The predicted octanol–water partition coefficient (Wildman–Crippen LogP) is 0.345. The number of carbonyl (C=O) groups is 1. The number of hydrogen-bond acceptors (Lipinski definition) is 5. The number of pyridine rings is 1. The number of nitrogens with zero attached hydrogens (tertiary/aromatic N) is 3. The van der Waals surface area contributed by atoms with Crippen LogP contribution in [0.1, 0.15) is 11.1 Å². The van der Waals surface area contributed by atoms with E-state index < -0.39 is 21.9 Å². The molecule has 2 aromatic heterocycles. The molecule has 124 valence electrons. The molecule has 9 heteroatoms. The highest BCUT2D eigenvalue weighted by Gasteiger charge is 2.23. The van der Waals surface area contributed by atoms with Crippen molar-refractivity contribution in [3.63, 3.8) is 0 Å². The number of aliphatic carboxylic acids is 1. The number of rotatable bonds is 7. The van der Waals surface area contributed by atoms with E-state index in [-0.39, 0.29) is 17.9 Å². The highest BCUT2D eigenvalue weighted by molar-refractivity contribution is 7.89. The van der Waals surface area contributed by atoms with Gasteiger partial charge < -0.3 is 5.11 Å². The Kier molecular flexibility index (Phi) is 5.12. The number of aryl methyl sites for hydroxylation is 2. The molecular weight excluding hydrogens is 320 g/mol. The summed E-state index contributed by atoms with van der Waals surface area (Å²) in [6.07, 6.45) is 6.20. The Bertz CT molecular complexity index is 801. The van der Waals surface area contributed by atoms with Crippen LogP contribution in [0.5, 0.6) is 0 Å². The van der Waals surface area contributed by atoms with Gasteiger partial charge in [0.15, 0.2) is 0 Å². The Balaban J connectivity index is 2.09. The third kappa shape index (κ3) is 4.36. The molecule has 0 fully saturated rings. The Morgan fingerprint density at radius 2 is 2.17 bits per heavy atom. The summed E-state index contributed by atoms with van der Waals surface area (Å²) in [4.78, 5) is 15.2. The second kappa shape index (κ2) is 6.88. The van der Waals surface area contributed by atoms with E-state index in [4.69, 9.17) is 0 Å². The van der Waals surface area contributed by atoms with Crippen molar-refractivity contribution in [3.8, 4) is 0 Å². The maximum atomic E-state index is 12.3. The number of carboxylic acid groups (broad SMARTS) is 1. The maximum Gasteiger partial charge on any atom is 0.308 e. The van der Waals surface area contributed by atoms with Gasteiger partial charge >= 0.3 is 5.97 Å². The minimum absolute atomic E-state index is 0.0468. The van der Waals surface area contributed by atoms with Crippen LogP contribution in [0.25, 0.3) is 0 Å². The van der Waals surface area contributed by atoms with Crippen molar-refractivity contribution in [1.29, 1.82) is 0 Å². The van der Waals surface area contributed by atoms with Gasteiger partial charge in [-0.15, -0.1) is 0 Å². The van der Waals surface area contributed by atoms with Gasteiger partial charge in [-0.3, -0.25) is 14.5 Å². The molecule has 1 atom stereocenters. The van der Waals surface area contributed by atoms with Crippen LogP contribution in [0.4, 0.5) is 0 Å². The Labute approximate surface area is 134 Å². The number of sulfonamides is 1. The lowest BCUT2D eigenvalue weighted by Crippen LogP contribution is -2.34. The molecule has 0 aliphatic carbocycles. The lowest BCUT2D eigenvalue weighted by molar-refractivity contribution is -0.141. The van der Waals surface area contributed by atoms with E-state index in [9.17, 15) is 18.3 Å². The zero-order valence-electron chi connectivity index (χ0n) is 12.8. The second-order valence-electron chi connectivity index (χ2n) is 5.25. The molecule has 0 aromatic carbocycles. The summed E-state index contributed by atoms with van der Waals surface area (Å²) in [5, 5.41) is 13.3. The Morgan fingerprint density at radius 1 is 1.43 bits per heavy atom. The quantitative estimate of drug-likeness (QED) is 0.753. The minimum atomic E-state index is -3.80. The normalized spacial score (nSPS) is 13.0. The second-order valence-corrected chi connectivity index (χ2v) is 6.99. The molecule has 0 spiro atoms. The summed E-state index contributed by atoms with van der Waals surface area (Å²) in [5.74, 6) is -1.95. The van der Waals surface area contributed by atoms with Crippen molar-refractivity contribution in [2.45, 2.75) is 18.2 Å². The average Bonchev–Trinajstić information content (AvgIpc) is 2.88. The van der Waals surface area contributed by atoms with Gasteiger partial charge in [0.2, 0.25) is 10.0 Å². The SMILES string of the molecule is Cc1ccncc1S(=O)(=O)NCC(Cc1cnn(C)c1)C(=O)O. The zero-order valence-corrected chi connectivity index (χ0v) is 13.6. The number of hydrogen-bond donors (Lipinski definition) is 2. The van der Waals surface area contributed by atoms with E-state index in [1.807, 2.05) is 0 Å². The van der Waals surface area contributed by atoms with Gasteiger partial charge in [-0.25, -0.2) is 13.1 Å². The van der Waals surface area contributed by atoms with Crippen molar-refractivity contribution in [1.82, 2.24) is 19.5 Å². The van der Waals surface area contributed by atoms with Gasteiger partial charge in [-0.1, -0.05) is 0 Å². The molecule has 0 bridgehead atoms. The van der Waals surface area contributed by atoms with Gasteiger partial charge in [-0.2, -0.15) is 5.10 Å². The molecule has 0 amide bonds. The first-order valence-corrected chi connectivity index (χ1v) is 8.38. The summed E-state index contributed by atoms with van der Waals surface area (Å²) >= 11 is 0. The third-order valence-corrected chi connectivity index (χ3v) is 4.94. The number of aromatic nitrogens is 3. The van der Waals surface area contributed by atoms with Gasteiger partial charge in [0.05, 0.1) is 12.1 Å². The molecular formula is C14H18N4O4S. The summed E-state index contributed by atoms with van der Waals surface area (Å²) in [6, 6.07) is 1.58. The number of carboxylic acids is 1. The lowest BCUT2D eigenvalue weighted by Gasteiger charge is -2.13. The van der Waals surface area contributed by atoms with E-state index in [0.717, 1.165) is 5.56 Å². The standard InChI is InChI=1S/C14H18N4O4S/c1-10-3-4-15-8-13(10)23(21,22)17-7-12(14(19)20)5-11-6-16-18(2)9-11/h3-4,6,8-9,12,17H,5,7H2,1-2H3,(H,19,20). The fourth-order valence-corrected chi connectivity index (χ4v) is 3.40. The first kappa shape index (κ1) is 17.1. The van der Waals surface area contributed by atoms with Gasteiger partial charge in [0.25, 0.3) is 0 Å². The van der Waals surface area contributed by atoms with Crippen molar-refractivity contribution in [2.24, 2.45) is 13.0 Å². The van der Waals surface area contributed by atoms with Gasteiger partial charge in [0, 0.05) is 32.2 Å². The lowest BCUT2D eigenvalue weighted by atomic mass is 10.0. The van der Waals surface area contributed by atoms with Crippen LogP contribution >= 0.6 is 0 Å². The molecule has 2 rings (SSSR count). The highest BCUT2D eigenvalue weighted by Crippen LogP contribution is 2.14. The summed E-state index contributed by atoms with van der Waals surface area (Å²) in [5.41, 5.74) is 1.28. The molecule has 2 N–H and O–H groups in total. The zero-order chi connectivity index (χ0) is 17.0. The molecule has 0 saturated heterocycles. The molecule has 0 aliphatic rings. The molecule has 2 aromatic rings. The molecule has 0 aliphatic heterocycles. The first-order valence-electron chi connectivity index (χ1n) is 6.90. The fraction of sp³-hybridized carbons (Fsp3) is 0.357. The first-order chi connectivity index (χ1) is 10.8. The topological polar surface area (TPSA) is 114 Å². The van der Waals surface area contributed by atoms with E-state index in [0.29, 0.717) is 5.56 Å². The van der Waals surface area contributed by atoms with Crippen LogP contribution in [0.3, 0.4) is 0 Å². The minimum Gasteiger partial charge on any atom is -0.481 e. The monoisotopic (exact) mass is 338 g/mol. The van der Waals surface area contributed by atoms with Crippen molar-refractivity contribution < 1.29 is 18.3 Å². The molecule has 1 unspecified atom stereocenters. The summed E-state index contributed by atoms with van der Waals surface area (Å²) in [6.45, 7) is 1.45. The molecule has 2 heterocycles. The van der Waals surface area contributed by atoms with Gasteiger partial charge in [-0.05, 0) is 30.5 Å². The highest BCUT2D eigenvalue weighted by atomic mass is 32.2. The van der Waals surface area contributed by atoms with E-state index >= 15 is 0 Å². The van der Waals surface area contributed by atoms with E-state index in [1.54, 1.807) is 37.1 Å². The smallest absolute Gasteiger partial charge is 0.308 e. The van der Waals surface area contributed by atoms with E-state index in [2.05, 4.69) is 14.8 Å². The van der Waals surface area contributed by atoms with Crippen LogP contribution < -0.4 is 4.72 Å². The van der Waals surface area contributed by atoms with Gasteiger partial charge in [0.1, 0.15) is 4.90 Å².